The number of carbonyl (C=O) groups is 2. The Morgan fingerprint density at radius 1 is 1.00 bits per heavy atom. The molecule has 0 saturated heterocycles. The van der Waals surface area contributed by atoms with E-state index in [1.807, 2.05) is 48.5 Å². The molecule has 2 aliphatic rings. The molecule has 1 heterocycles. The molecule has 132 valence electrons. The van der Waals surface area contributed by atoms with E-state index in [1.165, 1.54) is 0 Å². The van der Waals surface area contributed by atoms with Gasteiger partial charge in [-0.2, -0.15) is 0 Å². The molecule has 26 heavy (non-hydrogen) atoms. The van der Waals surface area contributed by atoms with Crippen molar-refractivity contribution >= 4 is 51.6 Å². The first-order chi connectivity index (χ1) is 12.6. The standard InChI is InChI=1S/C21H17ClINO2/c22-17-5-2-1-4-15(17)16-12-20(26)24(14-10-8-13(23)9-11-14)18-6-3-7-19(25)21(16)18/h1-2,4-5,8-11,16H,3,6-7,12H2. The molecule has 1 aliphatic heterocycles. The van der Waals surface area contributed by atoms with Gasteiger partial charge in [0, 0.05) is 44.3 Å². The normalized spacial score (nSPS) is 20.4. The number of hydrogen-bond donors (Lipinski definition) is 0. The van der Waals surface area contributed by atoms with Gasteiger partial charge in [-0.15, -0.1) is 0 Å². The van der Waals surface area contributed by atoms with Gasteiger partial charge in [-0.1, -0.05) is 29.8 Å². The van der Waals surface area contributed by atoms with Crippen molar-refractivity contribution in [2.24, 2.45) is 0 Å². The van der Waals surface area contributed by atoms with Crippen molar-refractivity contribution in [3.05, 3.63) is 74.0 Å². The fourth-order valence-electron chi connectivity index (χ4n) is 3.91. The third-order valence-electron chi connectivity index (χ3n) is 5.04. The molecule has 0 radical (unpaired) electrons. The van der Waals surface area contributed by atoms with Crippen LogP contribution in [0.4, 0.5) is 5.69 Å². The average Bonchev–Trinajstić information content (AvgIpc) is 2.63. The van der Waals surface area contributed by atoms with Crippen LogP contribution >= 0.6 is 34.2 Å². The molecule has 1 unspecified atom stereocenters. The lowest BCUT2D eigenvalue weighted by Gasteiger charge is -2.38. The van der Waals surface area contributed by atoms with Gasteiger partial charge in [-0.05, 0) is 71.3 Å². The van der Waals surface area contributed by atoms with Crippen molar-refractivity contribution in [2.45, 2.75) is 31.6 Å². The molecule has 1 aliphatic carbocycles. The van der Waals surface area contributed by atoms with Crippen LogP contribution < -0.4 is 4.90 Å². The fraction of sp³-hybridized carbons (Fsp3) is 0.238. The number of Topliss-reactive ketones (excluding diaryl/α,β-unsaturated/α-hetero) is 1. The highest BCUT2D eigenvalue weighted by Gasteiger charge is 2.40. The SMILES string of the molecule is O=C1CCCC2=C1C(c1ccccc1Cl)CC(=O)N2c1ccc(I)cc1. The molecule has 0 spiro atoms. The number of carbonyl (C=O) groups excluding carboxylic acids is 2. The zero-order valence-electron chi connectivity index (χ0n) is 14.0. The van der Waals surface area contributed by atoms with E-state index in [0.717, 1.165) is 38.9 Å². The molecule has 1 atom stereocenters. The third kappa shape index (κ3) is 3.09. The van der Waals surface area contributed by atoms with Gasteiger partial charge < -0.3 is 0 Å². The van der Waals surface area contributed by atoms with Gasteiger partial charge in [-0.25, -0.2) is 0 Å². The van der Waals surface area contributed by atoms with Gasteiger partial charge in [0.15, 0.2) is 5.78 Å². The van der Waals surface area contributed by atoms with E-state index in [4.69, 9.17) is 11.6 Å². The van der Waals surface area contributed by atoms with Gasteiger partial charge in [0.1, 0.15) is 0 Å². The lowest BCUT2D eigenvalue weighted by atomic mass is 9.77. The molecule has 2 aromatic carbocycles. The van der Waals surface area contributed by atoms with Gasteiger partial charge in [0.25, 0.3) is 0 Å². The van der Waals surface area contributed by atoms with Crippen molar-refractivity contribution in [1.29, 1.82) is 0 Å². The smallest absolute Gasteiger partial charge is 0.232 e. The maximum atomic E-state index is 13.1. The quantitative estimate of drug-likeness (QED) is 0.538. The van der Waals surface area contributed by atoms with Crippen LogP contribution in [0.2, 0.25) is 5.02 Å². The first-order valence-corrected chi connectivity index (χ1v) is 10.1. The highest BCUT2D eigenvalue weighted by molar-refractivity contribution is 14.1. The minimum absolute atomic E-state index is 0.0181. The minimum atomic E-state index is -0.251. The van der Waals surface area contributed by atoms with Crippen LogP contribution in [0.1, 0.15) is 37.2 Å². The lowest BCUT2D eigenvalue weighted by Crippen LogP contribution is -2.40. The maximum Gasteiger partial charge on any atom is 0.232 e. The van der Waals surface area contributed by atoms with Crippen molar-refractivity contribution in [3.63, 3.8) is 0 Å². The van der Waals surface area contributed by atoms with Crippen molar-refractivity contribution in [3.8, 4) is 0 Å². The fourth-order valence-corrected chi connectivity index (χ4v) is 4.53. The first kappa shape index (κ1) is 17.7. The number of halogens is 2. The van der Waals surface area contributed by atoms with Crippen LogP contribution in [0, 0.1) is 3.57 Å². The molecule has 1 amide bonds. The van der Waals surface area contributed by atoms with E-state index < -0.39 is 0 Å². The summed E-state index contributed by atoms with van der Waals surface area (Å²) in [5.74, 6) is -0.0946. The molecule has 4 rings (SSSR count). The lowest BCUT2D eigenvalue weighted by molar-refractivity contribution is -0.119. The predicted molar refractivity (Wildman–Crippen MR) is 111 cm³/mol. The third-order valence-corrected chi connectivity index (χ3v) is 6.10. The number of allylic oxidation sites excluding steroid dienone is 2. The Balaban J connectivity index is 1.87. The minimum Gasteiger partial charge on any atom is -0.294 e. The number of benzene rings is 2. The second kappa shape index (κ2) is 7.16. The summed E-state index contributed by atoms with van der Waals surface area (Å²) in [6.07, 6.45) is 2.32. The van der Waals surface area contributed by atoms with E-state index in [2.05, 4.69) is 22.6 Å². The molecule has 3 nitrogen and oxygen atoms in total. The highest BCUT2D eigenvalue weighted by Crippen LogP contribution is 2.44. The van der Waals surface area contributed by atoms with Crippen LogP contribution in [0.5, 0.6) is 0 Å². The largest absolute Gasteiger partial charge is 0.294 e. The van der Waals surface area contributed by atoms with Crippen LogP contribution in [0.25, 0.3) is 0 Å². The molecule has 0 N–H and O–H groups in total. The zero-order chi connectivity index (χ0) is 18.3. The zero-order valence-corrected chi connectivity index (χ0v) is 17.0. The molecule has 0 bridgehead atoms. The Morgan fingerprint density at radius 3 is 2.46 bits per heavy atom. The van der Waals surface area contributed by atoms with E-state index >= 15 is 0 Å². The van der Waals surface area contributed by atoms with Crippen molar-refractivity contribution in [2.75, 3.05) is 4.90 Å². The Labute approximate surface area is 171 Å². The number of nitrogens with zero attached hydrogens (tertiary/aromatic N) is 1. The van der Waals surface area contributed by atoms with Crippen LogP contribution in [0.3, 0.4) is 0 Å². The molecular weight excluding hydrogens is 461 g/mol. The Bertz CT molecular complexity index is 920. The molecule has 5 heteroatoms. The predicted octanol–water partition coefficient (Wildman–Crippen LogP) is 5.47. The first-order valence-electron chi connectivity index (χ1n) is 8.65. The van der Waals surface area contributed by atoms with Crippen molar-refractivity contribution < 1.29 is 9.59 Å². The summed E-state index contributed by atoms with van der Waals surface area (Å²) in [5, 5.41) is 0.609. The molecule has 0 saturated carbocycles. The monoisotopic (exact) mass is 477 g/mol. The second-order valence-corrected chi connectivity index (χ2v) is 8.27. The summed E-state index contributed by atoms with van der Waals surface area (Å²) in [7, 11) is 0. The van der Waals surface area contributed by atoms with Crippen LogP contribution in [-0.4, -0.2) is 11.7 Å². The molecule has 0 fully saturated rings. The topological polar surface area (TPSA) is 37.4 Å². The Hall–Kier alpha value is -1.66. The van der Waals surface area contributed by atoms with E-state index in [-0.39, 0.29) is 24.0 Å². The number of ketones is 1. The maximum absolute atomic E-state index is 13.1. The average molecular weight is 478 g/mol. The van der Waals surface area contributed by atoms with Gasteiger partial charge in [-0.3, -0.25) is 14.5 Å². The Morgan fingerprint density at radius 2 is 1.73 bits per heavy atom. The van der Waals surface area contributed by atoms with Gasteiger partial charge >= 0.3 is 0 Å². The number of rotatable bonds is 2. The second-order valence-electron chi connectivity index (χ2n) is 6.62. The van der Waals surface area contributed by atoms with Crippen molar-refractivity contribution in [1.82, 2.24) is 0 Å². The summed E-state index contributed by atoms with van der Waals surface area (Å²) >= 11 is 8.64. The summed E-state index contributed by atoms with van der Waals surface area (Å²) in [6.45, 7) is 0. The summed E-state index contributed by atoms with van der Waals surface area (Å²) in [5.41, 5.74) is 3.31. The van der Waals surface area contributed by atoms with E-state index in [9.17, 15) is 9.59 Å². The number of hydrogen-bond acceptors (Lipinski definition) is 2. The van der Waals surface area contributed by atoms with E-state index in [0.29, 0.717) is 11.4 Å². The van der Waals surface area contributed by atoms with Gasteiger partial charge in [0.05, 0.1) is 0 Å². The molecule has 0 aromatic heterocycles. The summed E-state index contributed by atoms with van der Waals surface area (Å²) < 4.78 is 1.11. The van der Waals surface area contributed by atoms with Crippen LogP contribution in [0.15, 0.2) is 59.8 Å². The van der Waals surface area contributed by atoms with Crippen LogP contribution in [-0.2, 0) is 9.59 Å². The molecular formula is C21H17ClINO2. The molecule has 2 aromatic rings. The number of anilines is 1. The number of amides is 1. The van der Waals surface area contributed by atoms with Gasteiger partial charge in [0.2, 0.25) is 5.91 Å². The summed E-state index contributed by atoms with van der Waals surface area (Å²) in [6, 6.07) is 15.4. The highest BCUT2D eigenvalue weighted by atomic mass is 127. The summed E-state index contributed by atoms with van der Waals surface area (Å²) in [4.78, 5) is 27.6. The van der Waals surface area contributed by atoms with E-state index in [1.54, 1.807) is 4.90 Å². The Kier molecular flexibility index (Phi) is 4.88.